The molecule has 0 radical (unpaired) electrons. The Labute approximate surface area is 256 Å². The van der Waals surface area contributed by atoms with Crippen molar-refractivity contribution in [1.29, 1.82) is 5.26 Å². The number of hydrogen-bond acceptors (Lipinski definition) is 8. The van der Waals surface area contributed by atoms with Crippen molar-refractivity contribution in [2.75, 3.05) is 31.6 Å². The first-order valence-corrected chi connectivity index (χ1v) is 15.1. The Morgan fingerprint density at radius 2 is 2.02 bits per heavy atom. The standard InChI is InChI=1S/C33H37FN8O2/c1-6-42(20(2)3)32(43)27-13-24(34)8-10-29(27)44-31-30(36-19-37-39-31)41-17-23(18-41)33(11-12-33)40(5)16-22-7-9-28-26(21(22)4)14-25(15-35)38-28/h7-10,13-14,19-20,23,38H,6,11-12,16-18H2,1-5H3. The predicted molar refractivity (Wildman–Crippen MR) is 165 cm³/mol. The minimum Gasteiger partial charge on any atom is -0.434 e. The number of aromatic amines is 1. The monoisotopic (exact) mass is 596 g/mol. The molecular weight excluding hydrogens is 559 g/mol. The van der Waals surface area contributed by atoms with Crippen LogP contribution in [0.25, 0.3) is 10.9 Å². The van der Waals surface area contributed by atoms with Gasteiger partial charge in [0, 0.05) is 54.6 Å². The highest BCUT2D eigenvalue weighted by Crippen LogP contribution is 2.52. The summed E-state index contributed by atoms with van der Waals surface area (Å²) in [7, 11) is 2.20. The molecule has 2 fully saturated rings. The molecule has 0 spiro atoms. The molecule has 4 aromatic rings. The number of H-pyrrole nitrogens is 1. The van der Waals surface area contributed by atoms with Crippen molar-refractivity contribution in [1.82, 2.24) is 30.0 Å². The summed E-state index contributed by atoms with van der Waals surface area (Å²) in [5, 5.41) is 18.5. The Bertz CT molecular complexity index is 1750. The average Bonchev–Trinajstić information content (AvgIpc) is 3.66. The van der Waals surface area contributed by atoms with Gasteiger partial charge in [-0.05, 0) is 89.0 Å². The van der Waals surface area contributed by atoms with Crippen LogP contribution in [0.3, 0.4) is 0 Å². The number of fused-ring (bicyclic) bond motifs is 1. The molecule has 2 aliphatic rings. The lowest BCUT2D eigenvalue weighted by molar-refractivity contribution is 0.0713. The van der Waals surface area contributed by atoms with Crippen molar-refractivity contribution in [3.8, 4) is 17.7 Å². The van der Waals surface area contributed by atoms with E-state index in [1.54, 1.807) is 4.90 Å². The van der Waals surface area contributed by atoms with Gasteiger partial charge in [0.15, 0.2) is 5.82 Å². The van der Waals surface area contributed by atoms with E-state index in [2.05, 4.69) is 62.1 Å². The Balaban J connectivity index is 1.17. The van der Waals surface area contributed by atoms with E-state index in [4.69, 9.17) is 4.74 Å². The van der Waals surface area contributed by atoms with Crippen molar-refractivity contribution < 1.29 is 13.9 Å². The minimum absolute atomic E-state index is 0.0554. The highest BCUT2D eigenvalue weighted by Gasteiger charge is 2.56. The quantitative estimate of drug-likeness (QED) is 0.258. The molecule has 228 valence electrons. The van der Waals surface area contributed by atoms with Crippen LogP contribution in [0.4, 0.5) is 10.2 Å². The van der Waals surface area contributed by atoms with Gasteiger partial charge in [-0.3, -0.25) is 9.69 Å². The zero-order valence-corrected chi connectivity index (χ0v) is 25.8. The molecule has 44 heavy (non-hydrogen) atoms. The van der Waals surface area contributed by atoms with Crippen LogP contribution >= 0.6 is 0 Å². The normalized spacial score (nSPS) is 15.8. The second-order valence-corrected chi connectivity index (χ2v) is 12.2. The van der Waals surface area contributed by atoms with Gasteiger partial charge in [0.2, 0.25) is 0 Å². The van der Waals surface area contributed by atoms with Crippen molar-refractivity contribution in [2.24, 2.45) is 5.92 Å². The number of aryl methyl sites for hydroxylation is 1. The smallest absolute Gasteiger partial charge is 0.282 e. The van der Waals surface area contributed by atoms with Crippen molar-refractivity contribution in [3.63, 3.8) is 0 Å². The number of benzene rings is 2. The molecule has 2 aromatic heterocycles. The molecular formula is C33H37FN8O2. The molecule has 10 nitrogen and oxygen atoms in total. The van der Waals surface area contributed by atoms with Crippen LogP contribution < -0.4 is 9.64 Å². The van der Waals surface area contributed by atoms with Gasteiger partial charge in [-0.1, -0.05) is 6.07 Å². The molecule has 1 N–H and O–H groups in total. The summed E-state index contributed by atoms with van der Waals surface area (Å²) in [6, 6.07) is 12.2. The molecule has 2 aromatic carbocycles. The number of aromatic nitrogens is 4. The van der Waals surface area contributed by atoms with Crippen LogP contribution in [-0.4, -0.2) is 74.1 Å². The summed E-state index contributed by atoms with van der Waals surface area (Å²) in [5.41, 5.74) is 4.25. The van der Waals surface area contributed by atoms with Gasteiger partial charge in [0.05, 0.1) is 5.56 Å². The number of nitriles is 1. The van der Waals surface area contributed by atoms with E-state index in [-0.39, 0.29) is 34.7 Å². The van der Waals surface area contributed by atoms with Gasteiger partial charge >= 0.3 is 0 Å². The van der Waals surface area contributed by atoms with E-state index in [0.29, 0.717) is 24.0 Å². The second kappa shape index (κ2) is 11.5. The van der Waals surface area contributed by atoms with Crippen LogP contribution in [0.2, 0.25) is 0 Å². The first-order valence-electron chi connectivity index (χ1n) is 15.1. The van der Waals surface area contributed by atoms with E-state index in [1.807, 2.05) is 26.8 Å². The molecule has 0 unspecified atom stereocenters. The topological polar surface area (TPSA) is 114 Å². The van der Waals surface area contributed by atoms with Crippen LogP contribution in [0.15, 0.2) is 42.7 Å². The summed E-state index contributed by atoms with van der Waals surface area (Å²) in [6.07, 6.45) is 3.64. The third kappa shape index (κ3) is 5.24. The molecule has 1 aliphatic heterocycles. The fraction of sp³-hybridized carbons (Fsp3) is 0.424. The van der Waals surface area contributed by atoms with E-state index >= 15 is 0 Å². The van der Waals surface area contributed by atoms with E-state index < -0.39 is 5.82 Å². The molecule has 3 heterocycles. The molecule has 1 amide bonds. The number of ether oxygens (including phenoxy) is 1. The number of halogens is 1. The predicted octanol–water partition coefficient (Wildman–Crippen LogP) is 5.44. The summed E-state index contributed by atoms with van der Waals surface area (Å²) in [4.78, 5) is 27.2. The van der Waals surface area contributed by atoms with Crippen molar-refractivity contribution in [2.45, 2.75) is 58.7 Å². The first-order chi connectivity index (χ1) is 21.1. The SMILES string of the molecule is CCN(C(=O)c1cc(F)ccc1Oc1nncnc1N1CC(C2(N(C)Cc3ccc4[nH]c(C#N)cc4c3C)CC2)C1)C(C)C. The van der Waals surface area contributed by atoms with Gasteiger partial charge in [0.25, 0.3) is 11.8 Å². The molecule has 11 heteroatoms. The van der Waals surface area contributed by atoms with Gasteiger partial charge in [-0.25, -0.2) is 9.37 Å². The van der Waals surface area contributed by atoms with E-state index in [0.717, 1.165) is 43.4 Å². The first kappa shape index (κ1) is 29.5. The zero-order valence-electron chi connectivity index (χ0n) is 25.8. The number of carbonyl (C=O) groups excluding carboxylic acids is 1. The lowest BCUT2D eigenvalue weighted by Crippen LogP contribution is -2.58. The lowest BCUT2D eigenvalue weighted by Gasteiger charge is -2.47. The molecule has 1 aliphatic carbocycles. The van der Waals surface area contributed by atoms with Gasteiger partial charge in [-0.15, -0.1) is 10.2 Å². The highest BCUT2D eigenvalue weighted by molar-refractivity contribution is 5.97. The number of nitrogens with one attached hydrogen (secondary N) is 1. The minimum atomic E-state index is -0.516. The molecule has 6 rings (SSSR count). The van der Waals surface area contributed by atoms with E-state index in [9.17, 15) is 14.4 Å². The average molecular weight is 597 g/mol. The summed E-state index contributed by atoms with van der Waals surface area (Å²) >= 11 is 0. The molecule has 1 saturated heterocycles. The lowest BCUT2D eigenvalue weighted by atomic mass is 9.87. The Morgan fingerprint density at radius 1 is 1.25 bits per heavy atom. The Morgan fingerprint density at radius 3 is 2.70 bits per heavy atom. The molecule has 1 saturated carbocycles. The highest BCUT2D eigenvalue weighted by atomic mass is 19.1. The zero-order chi connectivity index (χ0) is 31.2. The summed E-state index contributed by atoms with van der Waals surface area (Å²) in [5.74, 6) is 0.558. The maximum absolute atomic E-state index is 14.3. The van der Waals surface area contributed by atoms with Gasteiger partial charge < -0.3 is 19.5 Å². The van der Waals surface area contributed by atoms with Crippen LogP contribution in [0.5, 0.6) is 11.6 Å². The Kier molecular flexibility index (Phi) is 7.72. The maximum Gasteiger partial charge on any atom is 0.282 e. The van der Waals surface area contributed by atoms with Gasteiger partial charge in [0.1, 0.15) is 29.7 Å². The summed E-state index contributed by atoms with van der Waals surface area (Å²) < 4.78 is 20.4. The molecule has 0 atom stereocenters. The fourth-order valence-corrected chi connectivity index (χ4v) is 6.56. The van der Waals surface area contributed by atoms with Crippen LogP contribution in [-0.2, 0) is 6.54 Å². The number of carbonyl (C=O) groups is 1. The fourth-order valence-electron chi connectivity index (χ4n) is 6.56. The third-order valence-electron chi connectivity index (χ3n) is 9.35. The number of rotatable bonds is 10. The van der Waals surface area contributed by atoms with Crippen molar-refractivity contribution >= 4 is 22.6 Å². The molecule has 0 bridgehead atoms. The van der Waals surface area contributed by atoms with Crippen LogP contribution in [0.1, 0.15) is 60.8 Å². The number of hydrogen-bond donors (Lipinski definition) is 1. The van der Waals surface area contributed by atoms with Gasteiger partial charge in [-0.2, -0.15) is 5.26 Å². The third-order valence-corrected chi connectivity index (χ3v) is 9.35. The maximum atomic E-state index is 14.3. The number of nitrogens with zero attached hydrogens (tertiary/aromatic N) is 7. The van der Waals surface area contributed by atoms with Crippen molar-refractivity contribution in [3.05, 3.63) is 70.9 Å². The number of anilines is 1. The summed E-state index contributed by atoms with van der Waals surface area (Å²) in [6.45, 7) is 10.7. The number of amides is 1. The largest absolute Gasteiger partial charge is 0.434 e. The van der Waals surface area contributed by atoms with Crippen LogP contribution in [0, 0.1) is 30.0 Å². The van der Waals surface area contributed by atoms with E-state index in [1.165, 1.54) is 35.7 Å². The Hall–Kier alpha value is -4.56. The second-order valence-electron chi connectivity index (χ2n) is 12.2.